The fourth-order valence-corrected chi connectivity index (χ4v) is 2.15. The fourth-order valence-electron chi connectivity index (χ4n) is 2.15. The summed E-state index contributed by atoms with van der Waals surface area (Å²) >= 11 is 0. The lowest BCUT2D eigenvalue weighted by Crippen LogP contribution is -2.01. The van der Waals surface area contributed by atoms with Gasteiger partial charge in [-0.1, -0.05) is 37.6 Å². The molecule has 0 saturated heterocycles. The van der Waals surface area contributed by atoms with Crippen molar-refractivity contribution in [2.24, 2.45) is 0 Å². The number of hydrogen-bond donors (Lipinski definition) is 1. The average Bonchev–Trinajstić information content (AvgIpc) is 2.38. The largest absolute Gasteiger partial charge is 0.504 e. The topological polar surface area (TPSA) is 38.7 Å². The van der Waals surface area contributed by atoms with Crippen molar-refractivity contribution in [3.8, 4) is 11.5 Å². The quantitative estimate of drug-likeness (QED) is 0.821. The molecule has 2 rings (SSSR count). The third-order valence-corrected chi connectivity index (χ3v) is 2.90. The molecule has 0 aliphatic carbocycles. The normalized spacial score (nSPS) is 10.8. The molecule has 0 radical (unpaired) electrons. The van der Waals surface area contributed by atoms with Crippen molar-refractivity contribution in [1.82, 2.24) is 0 Å². The van der Waals surface area contributed by atoms with Crippen LogP contribution in [-0.4, -0.2) is 19.0 Å². The van der Waals surface area contributed by atoms with Crippen LogP contribution in [0.25, 0.3) is 10.8 Å². The van der Waals surface area contributed by atoms with Crippen LogP contribution in [0.1, 0.15) is 18.9 Å². The second kappa shape index (κ2) is 5.74. The van der Waals surface area contributed by atoms with Gasteiger partial charge in [-0.3, -0.25) is 0 Å². The van der Waals surface area contributed by atoms with Crippen LogP contribution in [-0.2, 0) is 11.2 Å². The van der Waals surface area contributed by atoms with Crippen LogP contribution in [0, 0.1) is 0 Å². The lowest BCUT2D eigenvalue weighted by Gasteiger charge is -2.13. The zero-order valence-corrected chi connectivity index (χ0v) is 10.8. The molecule has 2 aromatic rings. The smallest absolute Gasteiger partial charge is 0.188 e. The van der Waals surface area contributed by atoms with E-state index in [0.717, 1.165) is 23.6 Å². The Hall–Kier alpha value is -1.74. The predicted molar refractivity (Wildman–Crippen MR) is 72.1 cm³/mol. The minimum atomic E-state index is 0.132. The molecule has 3 heteroatoms. The van der Waals surface area contributed by atoms with Crippen molar-refractivity contribution in [2.75, 3.05) is 13.9 Å². The zero-order chi connectivity index (χ0) is 13.0. The van der Waals surface area contributed by atoms with Gasteiger partial charge in [0.05, 0.1) is 0 Å². The molecule has 0 atom stereocenters. The van der Waals surface area contributed by atoms with E-state index in [1.54, 1.807) is 13.2 Å². The number of benzene rings is 2. The van der Waals surface area contributed by atoms with Crippen LogP contribution in [0.2, 0.25) is 0 Å². The number of phenols is 1. The molecular formula is C15H18O3. The highest BCUT2D eigenvalue weighted by Crippen LogP contribution is 2.37. The molecule has 2 aromatic carbocycles. The lowest BCUT2D eigenvalue weighted by molar-refractivity contribution is 0.0503. The highest BCUT2D eigenvalue weighted by Gasteiger charge is 2.11. The summed E-state index contributed by atoms with van der Waals surface area (Å²) in [7, 11) is 1.56. The van der Waals surface area contributed by atoms with Gasteiger partial charge >= 0.3 is 0 Å². The monoisotopic (exact) mass is 246 g/mol. The van der Waals surface area contributed by atoms with Crippen LogP contribution in [0.15, 0.2) is 30.3 Å². The second-order valence-corrected chi connectivity index (χ2v) is 4.23. The first-order chi connectivity index (χ1) is 8.77. The van der Waals surface area contributed by atoms with Crippen molar-refractivity contribution >= 4 is 10.8 Å². The molecular weight excluding hydrogens is 228 g/mol. The summed E-state index contributed by atoms with van der Waals surface area (Å²) in [6.07, 6.45) is 2.02. The Kier molecular flexibility index (Phi) is 4.05. The third-order valence-electron chi connectivity index (χ3n) is 2.90. The summed E-state index contributed by atoms with van der Waals surface area (Å²) in [5.74, 6) is 0.668. The number of aryl methyl sites for hydroxylation is 1. The van der Waals surface area contributed by atoms with Gasteiger partial charge in [-0.25, -0.2) is 0 Å². The molecule has 0 amide bonds. The van der Waals surface area contributed by atoms with Crippen molar-refractivity contribution in [2.45, 2.75) is 19.8 Å². The van der Waals surface area contributed by atoms with Gasteiger partial charge in [-0.2, -0.15) is 0 Å². The van der Waals surface area contributed by atoms with Crippen LogP contribution in [0.5, 0.6) is 11.5 Å². The summed E-state index contributed by atoms with van der Waals surface area (Å²) in [5, 5.41) is 12.0. The van der Waals surface area contributed by atoms with E-state index in [2.05, 4.69) is 13.0 Å². The van der Waals surface area contributed by atoms with Crippen LogP contribution in [0.4, 0.5) is 0 Å². The maximum absolute atomic E-state index is 9.95. The van der Waals surface area contributed by atoms with Crippen molar-refractivity contribution < 1.29 is 14.6 Å². The summed E-state index contributed by atoms with van der Waals surface area (Å²) in [6, 6.07) is 9.69. The Morgan fingerprint density at radius 3 is 2.72 bits per heavy atom. The van der Waals surface area contributed by atoms with Gasteiger partial charge in [-0.05, 0) is 23.4 Å². The summed E-state index contributed by atoms with van der Waals surface area (Å²) in [6.45, 7) is 2.27. The molecule has 1 N–H and O–H groups in total. The number of methoxy groups -OCH3 is 1. The van der Waals surface area contributed by atoms with Crippen molar-refractivity contribution in [1.29, 1.82) is 0 Å². The minimum Gasteiger partial charge on any atom is -0.504 e. The van der Waals surface area contributed by atoms with Crippen molar-refractivity contribution in [3.63, 3.8) is 0 Å². The van der Waals surface area contributed by atoms with Gasteiger partial charge in [0.1, 0.15) is 0 Å². The van der Waals surface area contributed by atoms with E-state index in [9.17, 15) is 5.11 Å². The number of hydrogen-bond acceptors (Lipinski definition) is 3. The fraction of sp³-hybridized carbons (Fsp3) is 0.333. The highest BCUT2D eigenvalue weighted by molar-refractivity contribution is 5.93. The molecule has 0 aliphatic heterocycles. The zero-order valence-electron chi connectivity index (χ0n) is 10.8. The average molecular weight is 246 g/mol. The number of fused-ring (bicyclic) bond motifs is 1. The third kappa shape index (κ3) is 2.41. The Bertz CT molecular complexity index is 534. The molecule has 0 bridgehead atoms. The molecule has 18 heavy (non-hydrogen) atoms. The number of rotatable bonds is 5. The Balaban J connectivity index is 2.60. The molecule has 3 nitrogen and oxygen atoms in total. The molecule has 0 aliphatic rings. The van der Waals surface area contributed by atoms with Crippen molar-refractivity contribution in [3.05, 3.63) is 35.9 Å². The molecule has 0 aromatic heterocycles. The summed E-state index contributed by atoms with van der Waals surface area (Å²) in [4.78, 5) is 0. The van der Waals surface area contributed by atoms with E-state index in [4.69, 9.17) is 9.47 Å². The molecule has 0 fully saturated rings. The van der Waals surface area contributed by atoms with E-state index in [-0.39, 0.29) is 12.5 Å². The lowest BCUT2D eigenvalue weighted by atomic mass is 10.00. The van der Waals surface area contributed by atoms with Gasteiger partial charge in [0, 0.05) is 12.5 Å². The maximum Gasteiger partial charge on any atom is 0.188 e. The van der Waals surface area contributed by atoms with E-state index < -0.39 is 0 Å². The molecule has 96 valence electrons. The van der Waals surface area contributed by atoms with E-state index >= 15 is 0 Å². The SMILES string of the molecule is CCCc1cccc2ccc(O)c(OCOC)c12. The van der Waals surface area contributed by atoms with E-state index in [1.165, 1.54) is 5.56 Å². The van der Waals surface area contributed by atoms with Gasteiger partial charge in [-0.15, -0.1) is 0 Å². The van der Waals surface area contributed by atoms with Gasteiger partial charge in [0.2, 0.25) is 0 Å². The molecule has 0 heterocycles. The molecule has 0 unspecified atom stereocenters. The first-order valence-electron chi connectivity index (χ1n) is 6.13. The standard InChI is InChI=1S/C15H18O3/c1-3-5-11-6-4-7-12-8-9-13(16)15(14(11)12)18-10-17-2/h4,6-9,16H,3,5,10H2,1-2H3. The Labute approximate surface area is 107 Å². The molecule has 0 saturated carbocycles. The second-order valence-electron chi connectivity index (χ2n) is 4.23. The van der Waals surface area contributed by atoms with Crippen LogP contribution < -0.4 is 4.74 Å². The minimum absolute atomic E-state index is 0.132. The Morgan fingerprint density at radius 1 is 1.17 bits per heavy atom. The molecule has 0 spiro atoms. The number of phenolic OH excluding ortho intramolecular Hbond substituents is 1. The van der Waals surface area contributed by atoms with Crippen LogP contribution in [0.3, 0.4) is 0 Å². The summed E-state index contributed by atoms with van der Waals surface area (Å²) < 4.78 is 10.4. The highest BCUT2D eigenvalue weighted by atomic mass is 16.7. The Morgan fingerprint density at radius 2 is 2.00 bits per heavy atom. The van der Waals surface area contributed by atoms with Crippen LogP contribution >= 0.6 is 0 Å². The van der Waals surface area contributed by atoms with E-state index in [0.29, 0.717) is 5.75 Å². The first-order valence-corrected chi connectivity index (χ1v) is 6.13. The van der Waals surface area contributed by atoms with E-state index in [1.807, 2.05) is 18.2 Å². The number of aromatic hydroxyl groups is 1. The van der Waals surface area contributed by atoms with Gasteiger partial charge < -0.3 is 14.6 Å². The van der Waals surface area contributed by atoms with Gasteiger partial charge in [0.25, 0.3) is 0 Å². The first kappa shape index (κ1) is 12.7. The number of ether oxygens (including phenoxy) is 2. The predicted octanol–water partition coefficient (Wildman–Crippen LogP) is 3.48. The maximum atomic E-state index is 9.95. The summed E-state index contributed by atoms with van der Waals surface area (Å²) in [5.41, 5.74) is 1.19. The van der Waals surface area contributed by atoms with Gasteiger partial charge in [0.15, 0.2) is 18.3 Å².